The number of para-hydroxylation sites is 1. The first kappa shape index (κ1) is 19.4. The maximum absolute atomic E-state index is 13.1. The molecule has 0 bridgehead atoms. The zero-order chi connectivity index (χ0) is 19.6. The van der Waals surface area contributed by atoms with Crippen LogP contribution in [0.5, 0.6) is 5.75 Å². The maximum Gasteiger partial charge on any atom is 0.245 e. The van der Waals surface area contributed by atoms with E-state index in [0.29, 0.717) is 12.3 Å². The number of benzene rings is 2. The van der Waals surface area contributed by atoms with Gasteiger partial charge >= 0.3 is 0 Å². The summed E-state index contributed by atoms with van der Waals surface area (Å²) in [6, 6.07) is 13.0. The number of fused-ring (bicyclic) bond motifs is 1. The van der Waals surface area contributed by atoms with Gasteiger partial charge in [0.1, 0.15) is 11.8 Å². The molecule has 27 heavy (non-hydrogen) atoms. The van der Waals surface area contributed by atoms with Crippen molar-refractivity contribution in [3.05, 3.63) is 54.1 Å². The quantitative estimate of drug-likeness (QED) is 0.825. The molecule has 0 unspecified atom stereocenters. The van der Waals surface area contributed by atoms with E-state index in [-0.39, 0.29) is 16.7 Å². The molecule has 144 valence electrons. The predicted octanol–water partition coefficient (Wildman–Crippen LogP) is 2.59. The Bertz CT molecular complexity index is 923. The minimum absolute atomic E-state index is 0.101. The second-order valence-corrected chi connectivity index (χ2v) is 8.60. The lowest BCUT2D eigenvalue weighted by atomic mass is 10.0. The number of carbonyl (C=O) groups is 1. The normalized spacial score (nSPS) is 14.9. The van der Waals surface area contributed by atoms with Crippen molar-refractivity contribution in [1.29, 1.82) is 0 Å². The predicted molar refractivity (Wildman–Crippen MR) is 104 cm³/mol. The number of hydrogen-bond donors (Lipinski definition) is 1. The SMILES string of the molecule is COc1ccc(S(=O)(=O)N[C@H](C(=O)N2CCc3ccccc32)C(C)C)cc1. The van der Waals surface area contributed by atoms with Crippen molar-refractivity contribution < 1.29 is 17.9 Å². The van der Waals surface area contributed by atoms with Crippen molar-refractivity contribution in [3.63, 3.8) is 0 Å². The molecule has 2 aromatic carbocycles. The van der Waals surface area contributed by atoms with E-state index in [9.17, 15) is 13.2 Å². The fraction of sp³-hybridized carbons (Fsp3) is 0.350. The third-order valence-corrected chi connectivity index (χ3v) is 6.19. The number of nitrogens with zero attached hydrogens (tertiary/aromatic N) is 1. The zero-order valence-corrected chi connectivity index (χ0v) is 16.5. The molecule has 1 aliphatic heterocycles. The Labute approximate surface area is 160 Å². The first-order valence-electron chi connectivity index (χ1n) is 8.89. The van der Waals surface area contributed by atoms with Gasteiger partial charge in [-0.1, -0.05) is 32.0 Å². The highest BCUT2D eigenvalue weighted by molar-refractivity contribution is 7.89. The van der Waals surface area contributed by atoms with Gasteiger partial charge in [0, 0.05) is 12.2 Å². The Morgan fingerprint density at radius 1 is 1.11 bits per heavy atom. The highest BCUT2D eigenvalue weighted by Gasteiger charge is 2.34. The van der Waals surface area contributed by atoms with E-state index < -0.39 is 16.1 Å². The molecule has 1 atom stereocenters. The van der Waals surface area contributed by atoms with Crippen LogP contribution in [0.2, 0.25) is 0 Å². The van der Waals surface area contributed by atoms with E-state index in [1.54, 1.807) is 17.0 Å². The Balaban J connectivity index is 1.84. The van der Waals surface area contributed by atoms with E-state index in [1.807, 2.05) is 38.1 Å². The van der Waals surface area contributed by atoms with E-state index in [1.165, 1.54) is 19.2 Å². The van der Waals surface area contributed by atoms with Gasteiger partial charge in [-0.2, -0.15) is 4.72 Å². The summed E-state index contributed by atoms with van der Waals surface area (Å²) in [4.78, 5) is 14.9. The summed E-state index contributed by atoms with van der Waals surface area (Å²) in [6.45, 7) is 4.23. The van der Waals surface area contributed by atoms with Gasteiger partial charge in [0.25, 0.3) is 0 Å². The summed E-state index contributed by atoms with van der Waals surface area (Å²) in [7, 11) is -2.32. The number of rotatable bonds is 6. The number of carbonyl (C=O) groups excluding carboxylic acids is 1. The van der Waals surface area contributed by atoms with Crippen molar-refractivity contribution >= 4 is 21.6 Å². The lowest BCUT2D eigenvalue weighted by Gasteiger charge is -2.27. The van der Waals surface area contributed by atoms with E-state index >= 15 is 0 Å². The van der Waals surface area contributed by atoms with Gasteiger partial charge in [-0.15, -0.1) is 0 Å². The largest absolute Gasteiger partial charge is 0.497 e. The van der Waals surface area contributed by atoms with Crippen LogP contribution in [0.1, 0.15) is 19.4 Å². The van der Waals surface area contributed by atoms with Gasteiger partial charge in [0.15, 0.2) is 0 Å². The first-order chi connectivity index (χ1) is 12.8. The van der Waals surface area contributed by atoms with Crippen molar-refractivity contribution in [2.45, 2.75) is 31.2 Å². The van der Waals surface area contributed by atoms with Gasteiger partial charge < -0.3 is 9.64 Å². The Kier molecular flexibility index (Phi) is 5.53. The summed E-state index contributed by atoms with van der Waals surface area (Å²) in [5, 5.41) is 0. The Morgan fingerprint density at radius 2 is 1.78 bits per heavy atom. The minimum atomic E-state index is -3.83. The van der Waals surface area contributed by atoms with Crippen LogP contribution in [0.3, 0.4) is 0 Å². The molecule has 1 N–H and O–H groups in total. The molecule has 0 saturated carbocycles. The smallest absolute Gasteiger partial charge is 0.245 e. The molecule has 0 spiro atoms. The molecule has 0 saturated heterocycles. The van der Waals surface area contributed by atoms with Crippen molar-refractivity contribution in [1.82, 2.24) is 4.72 Å². The van der Waals surface area contributed by atoms with E-state index in [0.717, 1.165) is 17.7 Å². The lowest BCUT2D eigenvalue weighted by Crippen LogP contribution is -2.51. The van der Waals surface area contributed by atoms with Crippen LogP contribution >= 0.6 is 0 Å². The molecule has 7 heteroatoms. The number of amides is 1. The summed E-state index contributed by atoms with van der Waals surface area (Å²) in [6.07, 6.45) is 0.776. The number of methoxy groups -OCH3 is 1. The maximum atomic E-state index is 13.1. The highest BCUT2D eigenvalue weighted by atomic mass is 32.2. The monoisotopic (exact) mass is 388 g/mol. The van der Waals surface area contributed by atoms with Crippen LogP contribution in [-0.4, -0.2) is 34.0 Å². The van der Waals surface area contributed by atoms with Crippen LogP contribution in [0, 0.1) is 5.92 Å². The van der Waals surface area contributed by atoms with E-state index in [4.69, 9.17) is 4.74 Å². The fourth-order valence-corrected chi connectivity index (χ4v) is 4.53. The molecule has 2 aromatic rings. The van der Waals surface area contributed by atoms with Crippen molar-refractivity contribution in [2.75, 3.05) is 18.6 Å². The molecular weight excluding hydrogens is 364 g/mol. The molecular formula is C20H24N2O4S. The molecule has 1 amide bonds. The average molecular weight is 388 g/mol. The average Bonchev–Trinajstić information content (AvgIpc) is 3.09. The van der Waals surface area contributed by atoms with Gasteiger partial charge in [-0.05, 0) is 48.2 Å². The minimum Gasteiger partial charge on any atom is -0.497 e. The van der Waals surface area contributed by atoms with Gasteiger partial charge in [0.05, 0.1) is 12.0 Å². The molecule has 0 fully saturated rings. The Morgan fingerprint density at radius 3 is 2.41 bits per heavy atom. The summed E-state index contributed by atoms with van der Waals surface area (Å²) < 4.78 is 33.2. The topological polar surface area (TPSA) is 75.7 Å². The number of ether oxygens (including phenoxy) is 1. The third kappa shape index (κ3) is 3.99. The van der Waals surface area contributed by atoms with Crippen LogP contribution < -0.4 is 14.4 Å². The standard InChI is InChI=1S/C20H24N2O4S/c1-14(2)19(20(23)22-13-12-15-6-4-5-7-18(15)22)21-27(24,25)17-10-8-16(26-3)9-11-17/h4-11,14,19,21H,12-13H2,1-3H3/t19-/m0/s1. The lowest BCUT2D eigenvalue weighted by molar-refractivity contribution is -0.121. The fourth-order valence-electron chi connectivity index (χ4n) is 3.20. The highest BCUT2D eigenvalue weighted by Crippen LogP contribution is 2.29. The summed E-state index contributed by atoms with van der Waals surface area (Å²) >= 11 is 0. The number of sulfonamides is 1. The summed E-state index contributed by atoms with van der Waals surface area (Å²) in [5.74, 6) is 0.143. The number of hydrogen-bond acceptors (Lipinski definition) is 4. The van der Waals surface area contributed by atoms with Gasteiger partial charge in [-0.25, -0.2) is 8.42 Å². The molecule has 0 radical (unpaired) electrons. The van der Waals surface area contributed by atoms with E-state index in [2.05, 4.69) is 4.72 Å². The molecule has 0 aromatic heterocycles. The second-order valence-electron chi connectivity index (χ2n) is 6.89. The summed E-state index contributed by atoms with van der Waals surface area (Å²) in [5.41, 5.74) is 1.96. The van der Waals surface area contributed by atoms with Crippen molar-refractivity contribution in [2.24, 2.45) is 5.92 Å². The van der Waals surface area contributed by atoms with Crippen LogP contribution in [0.15, 0.2) is 53.4 Å². The zero-order valence-electron chi connectivity index (χ0n) is 15.7. The van der Waals surface area contributed by atoms with Crippen LogP contribution in [0.4, 0.5) is 5.69 Å². The Hall–Kier alpha value is -2.38. The second kappa shape index (κ2) is 7.70. The molecule has 3 rings (SSSR count). The van der Waals surface area contributed by atoms with Crippen LogP contribution in [-0.2, 0) is 21.2 Å². The molecule has 6 nitrogen and oxygen atoms in total. The van der Waals surface area contributed by atoms with Crippen molar-refractivity contribution in [3.8, 4) is 5.75 Å². The molecule has 1 heterocycles. The van der Waals surface area contributed by atoms with Gasteiger partial charge in [-0.3, -0.25) is 4.79 Å². The third-order valence-electron chi connectivity index (χ3n) is 4.74. The van der Waals surface area contributed by atoms with Crippen LogP contribution in [0.25, 0.3) is 0 Å². The number of anilines is 1. The number of nitrogens with one attached hydrogen (secondary N) is 1. The molecule has 0 aliphatic carbocycles. The van der Waals surface area contributed by atoms with Gasteiger partial charge in [0.2, 0.25) is 15.9 Å². The first-order valence-corrected chi connectivity index (χ1v) is 10.4. The molecule has 1 aliphatic rings.